The summed E-state index contributed by atoms with van der Waals surface area (Å²) in [5, 5.41) is 3.39. The molecule has 0 saturated carbocycles. The quantitative estimate of drug-likeness (QED) is 0.814. The Morgan fingerprint density at radius 3 is 2.19 bits per heavy atom. The Morgan fingerprint density at radius 1 is 1.07 bits per heavy atom. The molecular weight excluding hydrogens is 385 g/mol. The van der Waals surface area contributed by atoms with Gasteiger partial charge in [0.25, 0.3) is 5.91 Å². The maximum absolute atomic E-state index is 12.4. The van der Waals surface area contributed by atoms with E-state index in [1.165, 1.54) is 12.1 Å². The number of benzene rings is 1. The van der Waals surface area contributed by atoms with Gasteiger partial charge in [0.2, 0.25) is 0 Å². The lowest BCUT2D eigenvalue weighted by molar-refractivity contribution is -0.153. The molecule has 2 atom stereocenters. The van der Waals surface area contributed by atoms with Crippen LogP contribution in [0.25, 0.3) is 0 Å². The number of likely N-dealkylation sites (tertiary alicyclic amines) is 1. The molecule has 152 valence electrons. The number of amides is 1. The van der Waals surface area contributed by atoms with Crippen molar-refractivity contribution in [1.82, 2.24) is 10.2 Å². The Labute approximate surface area is 162 Å². The molecule has 1 N–H and O–H groups in total. The van der Waals surface area contributed by atoms with E-state index in [4.69, 9.17) is 9.47 Å². The number of ether oxygens (including phenoxy) is 2. The maximum Gasteiger partial charge on any atom is 0.422 e. The number of carbonyl (C=O) groups is 1. The molecule has 2 fully saturated rings. The second-order valence-corrected chi connectivity index (χ2v) is 6.78. The molecule has 3 rings (SSSR count). The molecule has 0 radical (unpaired) electrons. The summed E-state index contributed by atoms with van der Waals surface area (Å²) in [5.41, 5.74) is 0. The second kappa shape index (κ2) is 9.50. The van der Waals surface area contributed by atoms with Crippen molar-refractivity contribution in [3.05, 3.63) is 24.3 Å². The van der Waals surface area contributed by atoms with E-state index in [-0.39, 0.29) is 36.4 Å². The lowest BCUT2D eigenvalue weighted by Gasteiger charge is -2.21. The summed E-state index contributed by atoms with van der Waals surface area (Å²) in [7, 11) is 0. The molecule has 2 aliphatic heterocycles. The van der Waals surface area contributed by atoms with Crippen LogP contribution in [0.5, 0.6) is 11.5 Å². The van der Waals surface area contributed by atoms with Crippen molar-refractivity contribution in [1.29, 1.82) is 0 Å². The molecule has 0 spiro atoms. The van der Waals surface area contributed by atoms with Crippen LogP contribution >= 0.6 is 12.4 Å². The van der Waals surface area contributed by atoms with Gasteiger partial charge in [0, 0.05) is 13.1 Å². The van der Waals surface area contributed by atoms with Crippen molar-refractivity contribution < 1.29 is 27.4 Å². The predicted molar refractivity (Wildman–Crippen MR) is 96.4 cm³/mol. The number of halogens is 4. The minimum atomic E-state index is -4.43. The number of hydrogen-bond donors (Lipinski definition) is 1. The van der Waals surface area contributed by atoms with Crippen molar-refractivity contribution in [2.24, 2.45) is 11.8 Å². The highest BCUT2D eigenvalue weighted by Gasteiger charge is 2.32. The van der Waals surface area contributed by atoms with Crippen LogP contribution in [0.4, 0.5) is 13.2 Å². The van der Waals surface area contributed by atoms with Crippen LogP contribution in [-0.4, -0.2) is 56.4 Å². The minimum absolute atomic E-state index is 0. The summed E-state index contributed by atoms with van der Waals surface area (Å²) in [5.74, 6) is 1.20. The number of fused-ring (bicyclic) bond motifs is 1. The number of para-hydroxylation sites is 2. The topological polar surface area (TPSA) is 50.8 Å². The van der Waals surface area contributed by atoms with E-state index in [1.54, 1.807) is 17.0 Å². The molecule has 2 heterocycles. The zero-order valence-electron chi connectivity index (χ0n) is 14.8. The normalized spacial score (nSPS) is 22.4. The van der Waals surface area contributed by atoms with Crippen molar-refractivity contribution >= 4 is 18.3 Å². The number of nitrogens with one attached hydrogen (secondary N) is 1. The molecule has 1 aromatic carbocycles. The van der Waals surface area contributed by atoms with Crippen LogP contribution in [-0.2, 0) is 4.79 Å². The third kappa shape index (κ3) is 6.17. The molecule has 0 aliphatic carbocycles. The van der Waals surface area contributed by atoms with Crippen molar-refractivity contribution in [2.45, 2.75) is 19.0 Å². The highest BCUT2D eigenvalue weighted by atomic mass is 35.5. The second-order valence-electron chi connectivity index (χ2n) is 6.78. The number of carbonyl (C=O) groups excluding carboxylic acids is 1. The van der Waals surface area contributed by atoms with Crippen LogP contribution in [0.15, 0.2) is 24.3 Å². The molecule has 1 aromatic rings. The van der Waals surface area contributed by atoms with Gasteiger partial charge in [0.15, 0.2) is 24.7 Å². The maximum atomic E-state index is 12.4. The van der Waals surface area contributed by atoms with E-state index in [0.717, 1.165) is 25.9 Å². The van der Waals surface area contributed by atoms with Crippen molar-refractivity contribution in [3.8, 4) is 11.5 Å². The summed E-state index contributed by atoms with van der Waals surface area (Å²) < 4.78 is 47.2. The molecule has 1 amide bonds. The third-order valence-corrected chi connectivity index (χ3v) is 4.96. The van der Waals surface area contributed by atoms with Gasteiger partial charge in [-0.1, -0.05) is 12.1 Å². The molecule has 2 aliphatic rings. The first-order valence-electron chi connectivity index (χ1n) is 8.82. The van der Waals surface area contributed by atoms with Gasteiger partial charge >= 0.3 is 6.18 Å². The van der Waals surface area contributed by atoms with E-state index in [9.17, 15) is 18.0 Å². The summed E-state index contributed by atoms with van der Waals surface area (Å²) in [6, 6.07) is 6.07. The molecule has 9 heteroatoms. The molecule has 5 nitrogen and oxygen atoms in total. The molecule has 2 saturated heterocycles. The predicted octanol–water partition coefficient (Wildman–Crippen LogP) is 2.89. The first kappa shape index (κ1) is 21.6. The number of alkyl halides is 3. The molecular formula is C18H24ClF3N2O3. The van der Waals surface area contributed by atoms with E-state index < -0.39 is 12.8 Å². The van der Waals surface area contributed by atoms with Gasteiger partial charge in [0.05, 0.1) is 0 Å². The average molecular weight is 409 g/mol. The highest BCUT2D eigenvalue weighted by Crippen LogP contribution is 2.29. The van der Waals surface area contributed by atoms with Gasteiger partial charge in [-0.2, -0.15) is 13.2 Å². The summed E-state index contributed by atoms with van der Waals surface area (Å²) >= 11 is 0. The fourth-order valence-electron chi connectivity index (χ4n) is 3.55. The van der Waals surface area contributed by atoms with Gasteiger partial charge in [-0.05, 0) is 49.9 Å². The number of hydrogen-bond acceptors (Lipinski definition) is 4. The smallest absolute Gasteiger partial charge is 0.422 e. The summed E-state index contributed by atoms with van der Waals surface area (Å²) in [6.45, 7) is 1.79. The molecule has 0 unspecified atom stereocenters. The van der Waals surface area contributed by atoms with Crippen LogP contribution in [0.2, 0.25) is 0 Å². The molecule has 0 aromatic heterocycles. The first-order valence-corrected chi connectivity index (χ1v) is 8.82. The zero-order chi connectivity index (χ0) is 18.6. The Hall–Kier alpha value is -1.67. The van der Waals surface area contributed by atoms with E-state index in [0.29, 0.717) is 24.9 Å². The molecule has 27 heavy (non-hydrogen) atoms. The standard InChI is InChI=1S/C18H23F3N2O3.ClH/c19-18(20,21)12-26-16-4-2-1-3-15(16)25-11-17(24)23-7-5-13-9-22-10-14(13)6-8-23;/h1-4,13-14,22H,5-12H2;1H/t13-,14+;. The first-order chi connectivity index (χ1) is 12.4. The van der Waals surface area contributed by atoms with Crippen LogP contribution < -0.4 is 14.8 Å². The zero-order valence-corrected chi connectivity index (χ0v) is 15.7. The Morgan fingerprint density at radius 2 is 1.63 bits per heavy atom. The number of rotatable bonds is 5. The van der Waals surface area contributed by atoms with Crippen LogP contribution in [0.3, 0.4) is 0 Å². The third-order valence-electron chi connectivity index (χ3n) is 4.96. The van der Waals surface area contributed by atoms with Crippen molar-refractivity contribution in [2.75, 3.05) is 39.4 Å². The van der Waals surface area contributed by atoms with Crippen LogP contribution in [0, 0.1) is 11.8 Å². The van der Waals surface area contributed by atoms with Gasteiger partial charge in [-0.25, -0.2) is 0 Å². The Balaban J connectivity index is 0.00000261. The summed E-state index contributed by atoms with van der Waals surface area (Å²) in [6.07, 6.45) is -2.49. The summed E-state index contributed by atoms with van der Waals surface area (Å²) in [4.78, 5) is 14.2. The van der Waals surface area contributed by atoms with E-state index in [1.807, 2.05) is 0 Å². The van der Waals surface area contributed by atoms with Crippen molar-refractivity contribution in [3.63, 3.8) is 0 Å². The fourth-order valence-corrected chi connectivity index (χ4v) is 3.55. The Kier molecular flexibility index (Phi) is 7.61. The molecule has 0 bridgehead atoms. The fraction of sp³-hybridized carbons (Fsp3) is 0.611. The van der Waals surface area contributed by atoms with E-state index in [2.05, 4.69) is 5.32 Å². The van der Waals surface area contributed by atoms with E-state index >= 15 is 0 Å². The van der Waals surface area contributed by atoms with Crippen LogP contribution in [0.1, 0.15) is 12.8 Å². The SMILES string of the molecule is Cl.O=C(COc1ccccc1OCC(F)(F)F)N1CC[C@@H]2CNC[C@@H]2CC1. The number of nitrogens with zero attached hydrogens (tertiary/aromatic N) is 1. The Bertz CT molecular complexity index is 616. The lowest BCUT2D eigenvalue weighted by atomic mass is 9.92. The van der Waals surface area contributed by atoms with Gasteiger partial charge in [0.1, 0.15) is 0 Å². The monoisotopic (exact) mass is 408 g/mol. The largest absolute Gasteiger partial charge is 0.480 e. The van der Waals surface area contributed by atoms with Gasteiger partial charge < -0.3 is 19.7 Å². The van der Waals surface area contributed by atoms with Gasteiger partial charge in [-0.15, -0.1) is 12.4 Å². The highest BCUT2D eigenvalue weighted by molar-refractivity contribution is 5.85. The minimum Gasteiger partial charge on any atom is -0.480 e. The lowest BCUT2D eigenvalue weighted by Crippen LogP contribution is -2.36. The average Bonchev–Trinajstić information content (AvgIpc) is 2.96. The van der Waals surface area contributed by atoms with Gasteiger partial charge in [-0.3, -0.25) is 4.79 Å².